The number of thiazole rings is 1. The van der Waals surface area contributed by atoms with Gasteiger partial charge in [0.2, 0.25) is 5.91 Å². The van der Waals surface area contributed by atoms with E-state index in [4.69, 9.17) is 4.98 Å². The first kappa shape index (κ1) is 16.7. The fourth-order valence-electron chi connectivity index (χ4n) is 4.25. The third-order valence-corrected chi connectivity index (χ3v) is 6.63. The Kier molecular flexibility index (Phi) is 4.61. The normalized spacial score (nSPS) is 20.2. The van der Waals surface area contributed by atoms with Crippen molar-refractivity contribution in [2.45, 2.75) is 39.2 Å². The molecule has 132 valence electrons. The lowest BCUT2D eigenvalue weighted by atomic mass is 9.72. The van der Waals surface area contributed by atoms with Gasteiger partial charge >= 0.3 is 0 Å². The Labute approximate surface area is 153 Å². The molecular weight excluding hydrogens is 330 g/mol. The van der Waals surface area contributed by atoms with Crippen LogP contribution in [0.15, 0.2) is 30.3 Å². The van der Waals surface area contributed by atoms with Crippen molar-refractivity contribution in [3.05, 3.63) is 41.0 Å². The van der Waals surface area contributed by atoms with Crippen molar-refractivity contribution in [2.75, 3.05) is 19.6 Å². The molecular formula is C20H25N3OS. The van der Waals surface area contributed by atoms with Crippen molar-refractivity contribution in [3.8, 4) is 10.4 Å². The zero-order valence-corrected chi connectivity index (χ0v) is 15.6. The van der Waals surface area contributed by atoms with Crippen LogP contribution in [0.2, 0.25) is 0 Å². The Morgan fingerprint density at radius 1 is 1.20 bits per heavy atom. The van der Waals surface area contributed by atoms with E-state index in [0.29, 0.717) is 12.5 Å². The molecule has 0 atom stereocenters. The van der Waals surface area contributed by atoms with Crippen molar-refractivity contribution in [1.29, 1.82) is 0 Å². The summed E-state index contributed by atoms with van der Waals surface area (Å²) in [5.41, 5.74) is 2.12. The maximum Gasteiger partial charge on any atom is 0.229 e. The van der Waals surface area contributed by atoms with Crippen LogP contribution in [0, 0.1) is 12.3 Å². The highest BCUT2D eigenvalue weighted by atomic mass is 32.1. The summed E-state index contributed by atoms with van der Waals surface area (Å²) in [4.78, 5) is 21.3. The van der Waals surface area contributed by atoms with Crippen molar-refractivity contribution in [3.63, 3.8) is 0 Å². The van der Waals surface area contributed by atoms with E-state index < -0.39 is 0 Å². The number of hydrogen-bond acceptors (Lipinski definition) is 4. The molecule has 0 aliphatic carbocycles. The molecule has 2 aromatic rings. The predicted octanol–water partition coefficient (Wildman–Crippen LogP) is 3.61. The highest BCUT2D eigenvalue weighted by molar-refractivity contribution is 7.15. The Morgan fingerprint density at radius 3 is 2.72 bits per heavy atom. The molecule has 0 unspecified atom stereocenters. The number of nitrogens with one attached hydrogen (secondary N) is 1. The number of aryl methyl sites for hydroxylation is 1. The van der Waals surface area contributed by atoms with Crippen molar-refractivity contribution >= 4 is 17.2 Å². The van der Waals surface area contributed by atoms with Crippen LogP contribution in [0.3, 0.4) is 0 Å². The third-order valence-electron chi connectivity index (χ3n) is 5.57. The van der Waals surface area contributed by atoms with Gasteiger partial charge in [-0.3, -0.25) is 4.79 Å². The van der Waals surface area contributed by atoms with Gasteiger partial charge in [0, 0.05) is 6.54 Å². The lowest BCUT2D eigenvalue weighted by Gasteiger charge is -2.44. The summed E-state index contributed by atoms with van der Waals surface area (Å²) in [5, 5.41) is 4.46. The smallest absolute Gasteiger partial charge is 0.229 e. The number of rotatable bonds is 3. The van der Waals surface area contributed by atoms with Crippen molar-refractivity contribution in [2.24, 2.45) is 5.41 Å². The van der Waals surface area contributed by atoms with Gasteiger partial charge < -0.3 is 10.2 Å². The molecule has 0 saturated carbocycles. The number of piperidine rings is 2. The number of benzene rings is 1. The largest absolute Gasteiger partial charge is 0.336 e. The second kappa shape index (κ2) is 6.89. The number of carbonyl (C=O) groups excluding carboxylic acids is 1. The minimum absolute atomic E-state index is 0.124. The molecule has 0 radical (unpaired) electrons. The van der Waals surface area contributed by atoms with Crippen LogP contribution in [-0.2, 0) is 11.3 Å². The lowest BCUT2D eigenvalue weighted by Crippen LogP contribution is -2.52. The Hall–Kier alpha value is -1.72. The highest BCUT2D eigenvalue weighted by Crippen LogP contribution is 2.40. The van der Waals surface area contributed by atoms with E-state index >= 15 is 0 Å². The number of likely N-dealkylation sites (tertiary alicyclic amines) is 1. The van der Waals surface area contributed by atoms with Gasteiger partial charge in [-0.15, -0.1) is 11.3 Å². The second-order valence-corrected chi connectivity index (χ2v) is 8.44. The molecule has 1 N–H and O–H groups in total. The minimum Gasteiger partial charge on any atom is -0.336 e. The fraction of sp³-hybridized carbons (Fsp3) is 0.500. The maximum atomic E-state index is 13.2. The summed E-state index contributed by atoms with van der Waals surface area (Å²) in [6, 6.07) is 10.4. The number of nitrogens with zero attached hydrogens (tertiary/aromatic N) is 2. The number of aromatic nitrogens is 1. The monoisotopic (exact) mass is 355 g/mol. The third kappa shape index (κ3) is 3.23. The van der Waals surface area contributed by atoms with Gasteiger partial charge in [-0.25, -0.2) is 4.98 Å². The molecule has 1 aromatic heterocycles. The SMILES string of the molecule is Cc1nc(CN2CCCC3(CCNCC3)C2=O)c(-c2ccccc2)s1. The van der Waals surface area contributed by atoms with E-state index in [1.165, 1.54) is 10.4 Å². The molecule has 3 heterocycles. The van der Waals surface area contributed by atoms with Crippen molar-refractivity contribution < 1.29 is 4.79 Å². The van der Waals surface area contributed by atoms with Gasteiger partial charge in [-0.05, 0) is 51.3 Å². The standard InChI is InChI=1S/C20H25N3OS/c1-15-22-17(18(25-15)16-6-3-2-4-7-16)14-23-13-5-8-20(19(23)24)9-11-21-12-10-20/h2-4,6-7,21H,5,8-14H2,1H3. The second-order valence-electron chi connectivity index (χ2n) is 7.24. The Balaban J connectivity index is 1.59. The minimum atomic E-state index is -0.124. The summed E-state index contributed by atoms with van der Waals surface area (Å²) in [7, 11) is 0. The molecule has 1 amide bonds. The van der Waals surface area contributed by atoms with Gasteiger partial charge in [0.05, 0.1) is 27.5 Å². The Bertz CT molecular complexity index is 744. The van der Waals surface area contributed by atoms with E-state index in [0.717, 1.165) is 56.0 Å². The first-order chi connectivity index (χ1) is 12.2. The van der Waals surface area contributed by atoms with Crippen LogP contribution in [0.4, 0.5) is 0 Å². The number of carbonyl (C=O) groups is 1. The highest BCUT2D eigenvalue weighted by Gasteiger charge is 2.44. The summed E-state index contributed by atoms with van der Waals surface area (Å²) < 4.78 is 0. The molecule has 1 spiro atoms. The first-order valence-electron chi connectivity index (χ1n) is 9.20. The molecule has 0 bridgehead atoms. The van der Waals surface area contributed by atoms with Gasteiger partial charge in [-0.2, -0.15) is 0 Å². The zero-order chi connectivity index (χ0) is 17.3. The molecule has 5 heteroatoms. The fourth-order valence-corrected chi connectivity index (χ4v) is 5.18. The average molecular weight is 356 g/mol. The quantitative estimate of drug-likeness (QED) is 0.915. The van der Waals surface area contributed by atoms with Crippen molar-refractivity contribution in [1.82, 2.24) is 15.2 Å². The zero-order valence-electron chi connectivity index (χ0n) is 14.8. The van der Waals surface area contributed by atoms with Gasteiger partial charge in [0.25, 0.3) is 0 Å². The number of hydrogen-bond donors (Lipinski definition) is 1. The maximum absolute atomic E-state index is 13.2. The molecule has 2 aliphatic rings. The summed E-state index contributed by atoms with van der Waals surface area (Å²) in [6.07, 6.45) is 4.11. The van der Waals surface area contributed by atoms with Crippen LogP contribution < -0.4 is 5.32 Å². The molecule has 1 aromatic carbocycles. The first-order valence-corrected chi connectivity index (χ1v) is 10.0. The average Bonchev–Trinajstić information content (AvgIpc) is 3.01. The van der Waals surface area contributed by atoms with Gasteiger partial charge in [0.1, 0.15) is 0 Å². The summed E-state index contributed by atoms with van der Waals surface area (Å²) in [6.45, 7) is 5.48. The van der Waals surface area contributed by atoms with Crippen LogP contribution >= 0.6 is 11.3 Å². The van der Waals surface area contributed by atoms with Crippen LogP contribution in [-0.4, -0.2) is 35.4 Å². The van der Waals surface area contributed by atoms with Crippen LogP contribution in [0.1, 0.15) is 36.4 Å². The van der Waals surface area contributed by atoms with Crippen LogP contribution in [0.25, 0.3) is 10.4 Å². The molecule has 25 heavy (non-hydrogen) atoms. The van der Waals surface area contributed by atoms with E-state index in [2.05, 4.69) is 34.5 Å². The molecule has 4 nitrogen and oxygen atoms in total. The molecule has 2 aliphatic heterocycles. The van der Waals surface area contributed by atoms with E-state index in [-0.39, 0.29) is 5.41 Å². The lowest BCUT2D eigenvalue weighted by molar-refractivity contribution is -0.149. The van der Waals surface area contributed by atoms with Gasteiger partial charge in [-0.1, -0.05) is 30.3 Å². The van der Waals surface area contributed by atoms with E-state index in [1.54, 1.807) is 11.3 Å². The Morgan fingerprint density at radius 2 is 1.96 bits per heavy atom. The topological polar surface area (TPSA) is 45.2 Å². The predicted molar refractivity (Wildman–Crippen MR) is 101 cm³/mol. The summed E-state index contributed by atoms with van der Waals surface area (Å²) >= 11 is 1.73. The van der Waals surface area contributed by atoms with Crippen LogP contribution in [0.5, 0.6) is 0 Å². The van der Waals surface area contributed by atoms with E-state index in [9.17, 15) is 4.79 Å². The molecule has 4 rings (SSSR count). The van der Waals surface area contributed by atoms with E-state index in [1.807, 2.05) is 13.0 Å². The summed E-state index contributed by atoms with van der Waals surface area (Å²) in [5.74, 6) is 0.352. The number of amides is 1. The van der Waals surface area contributed by atoms with Gasteiger partial charge in [0.15, 0.2) is 0 Å². The molecule has 2 saturated heterocycles. The molecule has 2 fully saturated rings.